The molecule has 2 aromatic heterocycles. The fourth-order valence-electron chi connectivity index (χ4n) is 4.84. The van der Waals surface area contributed by atoms with E-state index in [-0.39, 0.29) is 17.9 Å². The normalized spacial score (nSPS) is 20.2. The minimum Gasteiger partial charge on any atom is -0.398 e. The third kappa shape index (κ3) is 4.14. The number of carbonyl (C=O) groups excluding carboxylic acids is 1. The molecular weight excluding hydrogens is 468 g/mol. The number of morpholine rings is 1. The number of nitrogen functional groups attached to an aromatic ring is 1. The van der Waals surface area contributed by atoms with Gasteiger partial charge >= 0.3 is 0 Å². The summed E-state index contributed by atoms with van der Waals surface area (Å²) in [5.41, 5.74) is 9.44. The van der Waals surface area contributed by atoms with Crippen molar-refractivity contribution < 1.29 is 9.53 Å². The van der Waals surface area contributed by atoms with Crippen molar-refractivity contribution in [1.29, 1.82) is 5.41 Å². The van der Waals surface area contributed by atoms with Gasteiger partial charge in [0, 0.05) is 39.7 Å². The summed E-state index contributed by atoms with van der Waals surface area (Å²) in [6.45, 7) is 3.96. The lowest BCUT2D eigenvalue weighted by Crippen LogP contribution is -2.50. The molecule has 8 nitrogen and oxygen atoms in total. The zero-order valence-electron chi connectivity index (χ0n) is 19.3. The highest BCUT2D eigenvalue weighted by Gasteiger charge is 2.34. The second-order valence-electron chi connectivity index (χ2n) is 8.75. The van der Waals surface area contributed by atoms with E-state index in [0.717, 1.165) is 45.9 Å². The molecule has 2 atom stereocenters. The highest BCUT2D eigenvalue weighted by molar-refractivity contribution is 7.98. The summed E-state index contributed by atoms with van der Waals surface area (Å²) in [7, 11) is 0. The van der Waals surface area contributed by atoms with E-state index in [1.54, 1.807) is 29.4 Å². The molecule has 1 saturated heterocycles. The van der Waals surface area contributed by atoms with E-state index >= 15 is 0 Å². The van der Waals surface area contributed by atoms with Crippen molar-refractivity contribution in [1.82, 2.24) is 14.9 Å². The number of nitrogens with zero attached hydrogens (tertiary/aromatic N) is 3. The number of benzene rings is 1. The molecule has 2 aliphatic rings. The SMILES string of the molecule is CSc1cc(N)c(C=N)cc1Nc1ncnc2sc3c(c12)CC[C@H](C(=O)N1CCOC[C@@H]1C)C3. The van der Waals surface area contributed by atoms with E-state index in [9.17, 15) is 4.79 Å². The lowest BCUT2D eigenvalue weighted by molar-refractivity contribution is -0.143. The van der Waals surface area contributed by atoms with Crippen LogP contribution in [0.15, 0.2) is 23.4 Å². The number of aryl methyl sites for hydroxylation is 1. The third-order valence-electron chi connectivity index (χ3n) is 6.66. The Bertz CT molecular complexity index is 1260. The predicted molar refractivity (Wildman–Crippen MR) is 139 cm³/mol. The van der Waals surface area contributed by atoms with Gasteiger partial charge in [-0.05, 0) is 50.1 Å². The summed E-state index contributed by atoms with van der Waals surface area (Å²) >= 11 is 3.26. The number of hydrogen-bond donors (Lipinski definition) is 3. The minimum atomic E-state index is 0.000762. The van der Waals surface area contributed by atoms with Gasteiger partial charge in [0.15, 0.2) is 0 Å². The quantitative estimate of drug-likeness (QED) is 0.277. The predicted octanol–water partition coefficient (Wildman–Crippen LogP) is 4.09. The molecule has 0 bridgehead atoms. The van der Waals surface area contributed by atoms with Gasteiger partial charge in [-0.25, -0.2) is 9.97 Å². The largest absolute Gasteiger partial charge is 0.398 e. The maximum atomic E-state index is 13.3. The van der Waals surface area contributed by atoms with Crippen molar-refractivity contribution in [2.75, 3.05) is 37.1 Å². The highest BCUT2D eigenvalue weighted by atomic mass is 32.2. The Kier molecular flexibility index (Phi) is 6.46. The van der Waals surface area contributed by atoms with E-state index in [2.05, 4.69) is 22.2 Å². The molecule has 3 heterocycles. The number of nitrogens with one attached hydrogen (secondary N) is 2. The third-order valence-corrected chi connectivity index (χ3v) is 8.60. The Hall–Kier alpha value is -2.69. The maximum Gasteiger partial charge on any atom is 0.226 e. The molecule has 1 aliphatic carbocycles. The van der Waals surface area contributed by atoms with Gasteiger partial charge in [0.2, 0.25) is 5.91 Å². The van der Waals surface area contributed by atoms with E-state index in [0.29, 0.717) is 31.0 Å². The van der Waals surface area contributed by atoms with Crippen LogP contribution < -0.4 is 11.1 Å². The van der Waals surface area contributed by atoms with Gasteiger partial charge in [-0.15, -0.1) is 23.1 Å². The van der Waals surface area contributed by atoms with Crippen LogP contribution in [0.25, 0.3) is 10.2 Å². The van der Waals surface area contributed by atoms with Crippen LogP contribution >= 0.6 is 23.1 Å². The molecule has 1 amide bonds. The molecule has 0 radical (unpaired) electrons. The number of carbonyl (C=O) groups is 1. The first kappa shape index (κ1) is 23.1. The second-order valence-corrected chi connectivity index (χ2v) is 10.7. The molecular formula is C24H28N6O2S2. The standard InChI is InChI=1S/C24H28N6O2S2/c1-13-11-32-6-5-30(13)24(31)14-3-4-16-19(8-14)34-23-21(16)22(27-12-28-23)29-18-7-15(10-25)17(26)9-20(18)33-2/h7,9-10,12-14,25H,3-6,8,11,26H2,1-2H3,(H,27,28,29)/t13-,14-/m0/s1. The first-order valence-corrected chi connectivity index (χ1v) is 13.4. The number of thiophene rings is 1. The molecule has 0 unspecified atom stereocenters. The van der Waals surface area contributed by atoms with Gasteiger partial charge in [-0.1, -0.05) is 0 Å². The zero-order valence-corrected chi connectivity index (χ0v) is 20.9. The average Bonchev–Trinajstić information content (AvgIpc) is 3.23. The van der Waals surface area contributed by atoms with Gasteiger partial charge in [-0.3, -0.25) is 4.79 Å². The molecule has 1 aromatic carbocycles. The van der Waals surface area contributed by atoms with Gasteiger partial charge < -0.3 is 26.1 Å². The van der Waals surface area contributed by atoms with E-state index in [1.165, 1.54) is 16.7 Å². The minimum absolute atomic E-state index is 0.000762. The van der Waals surface area contributed by atoms with Crippen molar-refractivity contribution in [3.8, 4) is 0 Å². The highest BCUT2D eigenvalue weighted by Crippen LogP contribution is 2.42. The number of hydrogen-bond acceptors (Lipinski definition) is 9. The summed E-state index contributed by atoms with van der Waals surface area (Å²) in [6.07, 6.45) is 7.24. The summed E-state index contributed by atoms with van der Waals surface area (Å²) in [5.74, 6) is 1.000. The number of amides is 1. The summed E-state index contributed by atoms with van der Waals surface area (Å²) in [4.78, 5) is 27.5. The van der Waals surface area contributed by atoms with Crippen LogP contribution in [-0.4, -0.2) is 59.0 Å². The van der Waals surface area contributed by atoms with Crippen molar-refractivity contribution in [3.63, 3.8) is 0 Å². The Morgan fingerprint density at radius 2 is 2.26 bits per heavy atom. The fraction of sp³-hybridized carbons (Fsp3) is 0.417. The van der Waals surface area contributed by atoms with Gasteiger partial charge in [0.1, 0.15) is 17.0 Å². The first-order valence-electron chi connectivity index (χ1n) is 11.4. The molecule has 0 saturated carbocycles. The number of rotatable bonds is 5. The molecule has 4 N–H and O–H groups in total. The number of ether oxygens (including phenoxy) is 1. The summed E-state index contributed by atoms with van der Waals surface area (Å²) < 4.78 is 5.51. The van der Waals surface area contributed by atoms with Crippen LogP contribution in [0.4, 0.5) is 17.2 Å². The average molecular weight is 497 g/mol. The van der Waals surface area contributed by atoms with Gasteiger partial charge in [0.05, 0.1) is 30.3 Å². The van der Waals surface area contributed by atoms with E-state index in [4.69, 9.17) is 15.9 Å². The summed E-state index contributed by atoms with van der Waals surface area (Å²) in [6, 6.07) is 3.90. The number of thioether (sulfide) groups is 1. The number of anilines is 3. The molecule has 34 heavy (non-hydrogen) atoms. The topological polar surface area (TPSA) is 117 Å². The van der Waals surface area contributed by atoms with Crippen LogP contribution in [0.2, 0.25) is 0 Å². The smallest absolute Gasteiger partial charge is 0.226 e. The van der Waals surface area contributed by atoms with Crippen molar-refractivity contribution in [3.05, 3.63) is 34.5 Å². The maximum absolute atomic E-state index is 13.3. The van der Waals surface area contributed by atoms with Crippen LogP contribution in [0.1, 0.15) is 29.3 Å². The van der Waals surface area contributed by atoms with E-state index in [1.807, 2.05) is 23.3 Å². The van der Waals surface area contributed by atoms with Crippen LogP contribution in [0.5, 0.6) is 0 Å². The number of aromatic nitrogens is 2. The molecule has 1 fully saturated rings. The second kappa shape index (κ2) is 9.52. The van der Waals surface area contributed by atoms with Crippen LogP contribution in [0.3, 0.4) is 0 Å². The molecule has 0 spiro atoms. The monoisotopic (exact) mass is 496 g/mol. The van der Waals surface area contributed by atoms with Crippen molar-refractivity contribution in [2.45, 2.75) is 37.1 Å². The Labute approximate surface area is 206 Å². The van der Waals surface area contributed by atoms with Gasteiger partial charge in [-0.2, -0.15) is 0 Å². The molecule has 1 aliphatic heterocycles. The molecule has 3 aromatic rings. The van der Waals surface area contributed by atoms with Gasteiger partial charge in [0.25, 0.3) is 0 Å². The Balaban J connectivity index is 1.46. The van der Waals surface area contributed by atoms with Crippen LogP contribution in [0, 0.1) is 11.3 Å². The van der Waals surface area contributed by atoms with Crippen molar-refractivity contribution >= 4 is 62.6 Å². The zero-order chi connectivity index (χ0) is 23.8. The number of nitrogens with two attached hydrogens (primary N) is 1. The Morgan fingerprint density at radius 3 is 3.03 bits per heavy atom. The van der Waals surface area contributed by atoms with E-state index < -0.39 is 0 Å². The lowest BCUT2D eigenvalue weighted by atomic mass is 9.86. The molecule has 178 valence electrons. The number of fused-ring (bicyclic) bond motifs is 3. The Morgan fingerprint density at radius 1 is 1.41 bits per heavy atom. The van der Waals surface area contributed by atoms with Crippen LogP contribution in [-0.2, 0) is 22.4 Å². The molecule has 10 heteroatoms. The summed E-state index contributed by atoms with van der Waals surface area (Å²) in [5, 5.41) is 12.2. The lowest BCUT2D eigenvalue weighted by Gasteiger charge is -2.36. The van der Waals surface area contributed by atoms with Crippen molar-refractivity contribution in [2.24, 2.45) is 5.92 Å². The fourth-order valence-corrected chi connectivity index (χ4v) is 6.68. The first-order chi connectivity index (χ1) is 16.5. The molecule has 5 rings (SSSR count).